The second kappa shape index (κ2) is 8.80. The molecule has 3 rings (SSSR count). The van der Waals surface area contributed by atoms with Crippen molar-refractivity contribution in [2.24, 2.45) is 10.8 Å². The van der Waals surface area contributed by atoms with Crippen molar-refractivity contribution >= 4 is 28.9 Å². The van der Waals surface area contributed by atoms with E-state index in [9.17, 15) is 9.59 Å². The monoisotopic (exact) mass is 362 g/mol. The van der Waals surface area contributed by atoms with E-state index in [0.717, 1.165) is 22.0 Å². The molecule has 0 aliphatic rings. The summed E-state index contributed by atoms with van der Waals surface area (Å²) in [5, 5.41) is 5.09. The van der Waals surface area contributed by atoms with Gasteiger partial charge in [0.05, 0.1) is 6.21 Å². The Hall–Kier alpha value is -3.41. The van der Waals surface area contributed by atoms with Crippen LogP contribution in [0.5, 0.6) is 0 Å². The summed E-state index contributed by atoms with van der Waals surface area (Å²) in [4.78, 5) is 23.0. The molecule has 3 N–H and O–H groups in total. The van der Waals surface area contributed by atoms with Gasteiger partial charge in [-0.25, -0.2) is 5.43 Å². The fourth-order valence-corrected chi connectivity index (χ4v) is 2.93. The molecule has 0 spiro atoms. The first-order valence-corrected chi connectivity index (χ1v) is 8.85. The van der Waals surface area contributed by atoms with E-state index in [1.807, 2.05) is 65.4 Å². The first-order valence-electron chi connectivity index (χ1n) is 8.85. The van der Waals surface area contributed by atoms with Gasteiger partial charge in [0.1, 0.15) is 0 Å². The van der Waals surface area contributed by atoms with Gasteiger partial charge in [0, 0.05) is 42.0 Å². The molecule has 0 aliphatic carbocycles. The summed E-state index contributed by atoms with van der Waals surface area (Å²) in [6, 6.07) is 17.7. The number of fused-ring (bicyclic) bond motifs is 1. The third-order valence-corrected chi connectivity index (χ3v) is 4.29. The maximum Gasteiger partial charge on any atom is 0.240 e. The van der Waals surface area contributed by atoms with Crippen molar-refractivity contribution in [2.75, 3.05) is 0 Å². The lowest BCUT2D eigenvalue weighted by molar-refractivity contribution is -0.121. The van der Waals surface area contributed by atoms with E-state index in [-0.39, 0.29) is 18.2 Å². The number of carbonyl (C=O) groups excluding carboxylic acids is 2. The summed E-state index contributed by atoms with van der Waals surface area (Å²) in [7, 11) is 0. The van der Waals surface area contributed by atoms with Crippen molar-refractivity contribution in [1.29, 1.82) is 0 Å². The SMILES string of the molecule is NC(=O)CCn1cc(/C=N/NC(=O)CCc2ccccc2)c2ccccc21. The maximum absolute atomic E-state index is 12.0. The van der Waals surface area contributed by atoms with E-state index in [4.69, 9.17) is 5.73 Å². The highest BCUT2D eigenvalue weighted by atomic mass is 16.2. The van der Waals surface area contributed by atoms with Gasteiger partial charge in [-0.15, -0.1) is 0 Å². The zero-order valence-electron chi connectivity index (χ0n) is 15.0. The summed E-state index contributed by atoms with van der Waals surface area (Å²) in [6.45, 7) is 0.507. The lowest BCUT2D eigenvalue weighted by Crippen LogP contribution is -2.17. The van der Waals surface area contributed by atoms with Crippen LogP contribution in [0.1, 0.15) is 24.0 Å². The number of nitrogens with zero attached hydrogens (tertiary/aromatic N) is 2. The van der Waals surface area contributed by atoms with E-state index in [2.05, 4.69) is 10.5 Å². The second-order valence-electron chi connectivity index (χ2n) is 6.29. The standard InChI is InChI=1S/C21H22N4O2/c22-20(26)12-13-25-15-17(18-8-4-5-9-19(18)25)14-23-24-21(27)11-10-16-6-2-1-3-7-16/h1-9,14-15H,10-13H2,(H2,22,26)(H,24,27)/b23-14+. The molecule has 2 amide bonds. The first-order chi connectivity index (χ1) is 13.1. The number of para-hydroxylation sites is 1. The van der Waals surface area contributed by atoms with Gasteiger partial charge in [-0.05, 0) is 18.1 Å². The van der Waals surface area contributed by atoms with Crippen LogP contribution in [0, 0.1) is 0 Å². The van der Waals surface area contributed by atoms with Crippen molar-refractivity contribution in [1.82, 2.24) is 9.99 Å². The molecule has 0 aliphatic heterocycles. The summed E-state index contributed by atoms with van der Waals surface area (Å²) < 4.78 is 1.97. The molecule has 0 atom stereocenters. The van der Waals surface area contributed by atoms with Crippen LogP contribution in [0.3, 0.4) is 0 Å². The number of amides is 2. The second-order valence-corrected chi connectivity index (χ2v) is 6.29. The van der Waals surface area contributed by atoms with Gasteiger partial charge >= 0.3 is 0 Å². The number of nitrogens with two attached hydrogens (primary N) is 1. The Kier molecular flexibility index (Phi) is 5.99. The molecule has 6 nitrogen and oxygen atoms in total. The third kappa shape index (κ3) is 5.04. The molecule has 0 radical (unpaired) electrons. The Labute approximate surface area is 157 Å². The number of hydrogen-bond donors (Lipinski definition) is 2. The minimum absolute atomic E-state index is 0.132. The van der Waals surface area contributed by atoms with Crippen molar-refractivity contribution in [3.05, 3.63) is 71.9 Å². The van der Waals surface area contributed by atoms with Gasteiger partial charge in [0.2, 0.25) is 11.8 Å². The van der Waals surface area contributed by atoms with Crippen LogP contribution < -0.4 is 11.2 Å². The quantitative estimate of drug-likeness (QED) is 0.476. The molecule has 0 bridgehead atoms. The summed E-state index contributed by atoms with van der Waals surface area (Å²) in [6.07, 6.45) is 4.86. The van der Waals surface area contributed by atoms with Crippen LogP contribution in [0.25, 0.3) is 10.9 Å². The number of nitrogens with one attached hydrogen (secondary N) is 1. The fourth-order valence-electron chi connectivity index (χ4n) is 2.93. The van der Waals surface area contributed by atoms with Crippen LogP contribution in [0.15, 0.2) is 65.9 Å². The highest BCUT2D eigenvalue weighted by Crippen LogP contribution is 2.20. The number of hydrogen-bond acceptors (Lipinski definition) is 3. The molecule has 6 heteroatoms. The van der Waals surface area contributed by atoms with Crippen molar-refractivity contribution in [2.45, 2.75) is 25.8 Å². The van der Waals surface area contributed by atoms with Gasteiger partial charge < -0.3 is 10.3 Å². The minimum atomic E-state index is -0.339. The first kappa shape index (κ1) is 18.4. The van der Waals surface area contributed by atoms with Gasteiger partial charge in [-0.2, -0.15) is 5.10 Å². The highest BCUT2D eigenvalue weighted by molar-refractivity contribution is 5.99. The highest BCUT2D eigenvalue weighted by Gasteiger charge is 2.07. The Morgan fingerprint density at radius 2 is 1.78 bits per heavy atom. The van der Waals surface area contributed by atoms with E-state index in [1.165, 1.54) is 0 Å². The number of primary amides is 1. The molecule has 0 saturated heterocycles. The van der Waals surface area contributed by atoms with Crippen molar-refractivity contribution in [3.8, 4) is 0 Å². The molecule has 0 fully saturated rings. The minimum Gasteiger partial charge on any atom is -0.370 e. The summed E-state index contributed by atoms with van der Waals surface area (Å²) >= 11 is 0. The average molecular weight is 362 g/mol. The molecule has 1 heterocycles. The predicted molar refractivity (Wildman–Crippen MR) is 106 cm³/mol. The largest absolute Gasteiger partial charge is 0.370 e. The normalized spacial score (nSPS) is 11.1. The molecule has 3 aromatic rings. The number of aromatic nitrogens is 1. The third-order valence-electron chi connectivity index (χ3n) is 4.29. The Morgan fingerprint density at radius 1 is 1.04 bits per heavy atom. The lowest BCUT2D eigenvalue weighted by Gasteiger charge is -2.02. The zero-order chi connectivity index (χ0) is 19.1. The molecule has 138 valence electrons. The van der Waals surface area contributed by atoms with Gasteiger partial charge in [0.15, 0.2) is 0 Å². The van der Waals surface area contributed by atoms with Crippen molar-refractivity contribution < 1.29 is 9.59 Å². The van der Waals surface area contributed by atoms with E-state index >= 15 is 0 Å². The van der Waals surface area contributed by atoms with Gasteiger partial charge in [-0.1, -0.05) is 48.5 Å². The summed E-state index contributed by atoms with van der Waals surface area (Å²) in [5.74, 6) is -0.471. The Morgan fingerprint density at radius 3 is 2.56 bits per heavy atom. The zero-order valence-corrected chi connectivity index (χ0v) is 15.0. The molecular formula is C21H22N4O2. The smallest absolute Gasteiger partial charge is 0.240 e. The van der Waals surface area contributed by atoms with E-state index < -0.39 is 0 Å². The van der Waals surface area contributed by atoms with Crippen LogP contribution in [-0.4, -0.2) is 22.6 Å². The molecule has 27 heavy (non-hydrogen) atoms. The molecule has 0 saturated carbocycles. The van der Waals surface area contributed by atoms with Gasteiger partial charge in [0.25, 0.3) is 0 Å². The molecule has 0 unspecified atom stereocenters. The topological polar surface area (TPSA) is 89.5 Å². The lowest BCUT2D eigenvalue weighted by atomic mass is 10.1. The average Bonchev–Trinajstić information content (AvgIpc) is 3.04. The number of benzene rings is 2. The predicted octanol–water partition coefficient (Wildman–Crippen LogP) is 2.60. The van der Waals surface area contributed by atoms with Crippen LogP contribution in [-0.2, 0) is 22.6 Å². The van der Waals surface area contributed by atoms with Crippen molar-refractivity contribution in [3.63, 3.8) is 0 Å². The molecule has 1 aromatic heterocycles. The Bertz CT molecular complexity index is 961. The molecule has 2 aromatic carbocycles. The Balaban J connectivity index is 1.63. The number of carbonyl (C=O) groups is 2. The maximum atomic E-state index is 12.0. The van der Waals surface area contributed by atoms with E-state index in [1.54, 1.807) is 6.21 Å². The van der Waals surface area contributed by atoms with Crippen LogP contribution in [0.2, 0.25) is 0 Å². The molecular weight excluding hydrogens is 340 g/mol. The number of aryl methyl sites for hydroxylation is 2. The summed E-state index contributed by atoms with van der Waals surface area (Å²) in [5.41, 5.74) is 10.8. The van der Waals surface area contributed by atoms with Crippen LogP contribution in [0.4, 0.5) is 0 Å². The van der Waals surface area contributed by atoms with Crippen LogP contribution >= 0.6 is 0 Å². The fraction of sp³-hybridized carbons (Fsp3) is 0.190. The van der Waals surface area contributed by atoms with E-state index in [0.29, 0.717) is 19.4 Å². The van der Waals surface area contributed by atoms with Gasteiger partial charge in [-0.3, -0.25) is 9.59 Å². The number of hydrazone groups is 1. The number of rotatable bonds is 8.